The van der Waals surface area contributed by atoms with Gasteiger partial charge in [0.15, 0.2) is 0 Å². The van der Waals surface area contributed by atoms with Crippen LogP contribution in [0.15, 0.2) is 37.5 Å². The van der Waals surface area contributed by atoms with E-state index in [2.05, 4.69) is 26.2 Å². The van der Waals surface area contributed by atoms with Gasteiger partial charge in [-0.05, 0) is 12.3 Å². The molecule has 0 aromatic carbocycles. The molecule has 0 spiro atoms. The molecule has 0 rings (SSSR count). The average Bonchev–Trinajstić information content (AvgIpc) is 1.85. The Hall–Kier alpha value is -0.780. The molecular weight excluding hydrogens is 108 g/mol. The highest BCUT2D eigenvalue weighted by atomic mass is 13.9. The van der Waals surface area contributed by atoms with Crippen LogP contribution in [-0.2, 0) is 0 Å². The summed E-state index contributed by atoms with van der Waals surface area (Å²) in [4.78, 5) is 0. The molecule has 0 amide bonds. The first-order valence-electron chi connectivity index (χ1n) is 3.21. The molecule has 0 aliphatic heterocycles. The van der Waals surface area contributed by atoms with Crippen LogP contribution in [0.25, 0.3) is 0 Å². The van der Waals surface area contributed by atoms with Crippen LogP contribution in [0.1, 0.15) is 13.3 Å². The fourth-order valence-corrected chi connectivity index (χ4v) is 0.610. The summed E-state index contributed by atoms with van der Waals surface area (Å²) in [6, 6.07) is 0. The smallest absolute Gasteiger partial charge is 0.0224 e. The molecule has 9 heavy (non-hydrogen) atoms. The van der Waals surface area contributed by atoms with Crippen LogP contribution in [0.5, 0.6) is 0 Å². The maximum absolute atomic E-state index is 3.65. The number of hydrogen-bond donors (Lipinski definition) is 0. The van der Waals surface area contributed by atoms with Crippen molar-refractivity contribution in [2.45, 2.75) is 13.3 Å². The topological polar surface area (TPSA) is 0 Å². The van der Waals surface area contributed by atoms with E-state index in [-0.39, 0.29) is 0 Å². The highest BCUT2D eigenvalue weighted by Gasteiger charge is 1.88. The summed E-state index contributed by atoms with van der Waals surface area (Å²) >= 11 is 0. The van der Waals surface area contributed by atoms with Crippen LogP contribution in [0.3, 0.4) is 0 Å². The van der Waals surface area contributed by atoms with Crippen LogP contribution in [0.2, 0.25) is 0 Å². The van der Waals surface area contributed by atoms with Crippen LogP contribution in [0, 0.1) is 5.92 Å². The van der Waals surface area contributed by atoms with Gasteiger partial charge in [0.05, 0.1) is 0 Å². The normalized spacial score (nSPS) is 13.4. The predicted octanol–water partition coefficient (Wildman–Crippen LogP) is 2.94. The molecule has 0 aromatic heterocycles. The van der Waals surface area contributed by atoms with Crippen molar-refractivity contribution in [1.82, 2.24) is 0 Å². The van der Waals surface area contributed by atoms with Crippen molar-refractivity contribution in [3.63, 3.8) is 0 Å². The lowest BCUT2D eigenvalue weighted by molar-refractivity contribution is 0.746. The van der Waals surface area contributed by atoms with Gasteiger partial charge in [0.2, 0.25) is 0 Å². The Balaban J connectivity index is 3.47. The average molecular weight is 122 g/mol. The van der Waals surface area contributed by atoms with Gasteiger partial charge in [-0.3, -0.25) is 0 Å². The van der Waals surface area contributed by atoms with Gasteiger partial charge in [0, 0.05) is 0 Å². The molecule has 0 aliphatic carbocycles. The van der Waals surface area contributed by atoms with Crippen LogP contribution >= 0.6 is 0 Å². The third kappa shape index (κ3) is 5.09. The highest BCUT2D eigenvalue weighted by molar-refractivity contribution is 5.00. The molecule has 0 saturated heterocycles. The molecular formula is C9H14. The largest absolute Gasteiger partial charge is 0.103 e. The van der Waals surface area contributed by atoms with Gasteiger partial charge < -0.3 is 0 Å². The first-order chi connectivity index (χ1) is 4.31. The summed E-state index contributed by atoms with van der Waals surface area (Å²) in [6.45, 7) is 9.38. The zero-order valence-electron chi connectivity index (χ0n) is 6.01. The Morgan fingerprint density at radius 2 is 2.11 bits per heavy atom. The summed E-state index contributed by atoms with van der Waals surface area (Å²) in [5.74, 6) is 0.598. The fourth-order valence-electron chi connectivity index (χ4n) is 0.610. The second kappa shape index (κ2) is 5.36. The van der Waals surface area contributed by atoms with Crippen molar-refractivity contribution in [3.8, 4) is 0 Å². The van der Waals surface area contributed by atoms with Crippen LogP contribution in [0.4, 0.5) is 0 Å². The molecule has 0 unspecified atom stereocenters. The minimum absolute atomic E-state index is 0.598. The summed E-state index contributed by atoms with van der Waals surface area (Å²) in [5, 5.41) is 0. The molecule has 0 N–H and O–H groups in total. The SMILES string of the molecule is C=C/C=C/[C@@H](C)CC=C. The van der Waals surface area contributed by atoms with Gasteiger partial charge in [-0.25, -0.2) is 0 Å². The molecule has 0 heterocycles. The molecule has 0 bridgehead atoms. The first-order valence-corrected chi connectivity index (χ1v) is 3.21. The van der Waals surface area contributed by atoms with Crippen molar-refractivity contribution in [2.24, 2.45) is 5.92 Å². The van der Waals surface area contributed by atoms with E-state index in [1.807, 2.05) is 12.2 Å². The van der Waals surface area contributed by atoms with Gasteiger partial charge in [0.1, 0.15) is 0 Å². The molecule has 0 nitrogen and oxygen atoms in total. The van der Waals surface area contributed by atoms with Crippen molar-refractivity contribution < 1.29 is 0 Å². The predicted molar refractivity (Wildman–Crippen MR) is 43.3 cm³/mol. The van der Waals surface area contributed by atoms with Gasteiger partial charge in [-0.1, -0.05) is 37.8 Å². The molecule has 1 atom stereocenters. The molecule has 0 fully saturated rings. The van der Waals surface area contributed by atoms with Gasteiger partial charge >= 0.3 is 0 Å². The van der Waals surface area contributed by atoms with E-state index >= 15 is 0 Å². The number of hydrogen-bond acceptors (Lipinski definition) is 0. The Bertz CT molecular complexity index is 109. The summed E-state index contributed by atoms with van der Waals surface area (Å²) in [7, 11) is 0. The minimum Gasteiger partial charge on any atom is -0.103 e. The lowest BCUT2D eigenvalue weighted by Crippen LogP contribution is -1.83. The van der Waals surface area contributed by atoms with E-state index < -0.39 is 0 Å². The lowest BCUT2D eigenvalue weighted by atomic mass is 10.1. The summed E-state index contributed by atoms with van der Waals surface area (Å²) in [5.41, 5.74) is 0. The van der Waals surface area contributed by atoms with E-state index in [1.54, 1.807) is 6.08 Å². The van der Waals surface area contributed by atoms with Crippen molar-refractivity contribution >= 4 is 0 Å². The Labute approximate surface area is 57.6 Å². The van der Waals surface area contributed by atoms with Crippen LogP contribution < -0.4 is 0 Å². The Kier molecular flexibility index (Phi) is 4.89. The van der Waals surface area contributed by atoms with Crippen molar-refractivity contribution in [1.29, 1.82) is 0 Å². The second-order valence-electron chi connectivity index (χ2n) is 2.12. The van der Waals surface area contributed by atoms with E-state index in [9.17, 15) is 0 Å². The van der Waals surface area contributed by atoms with Gasteiger partial charge in [-0.15, -0.1) is 6.58 Å². The van der Waals surface area contributed by atoms with Gasteiger partial charge in [0.25, 0.3) is 0 Å². The zero-order chi connectivity index (χ0) is 7.11. The van der Waals surface area contributed by atoms with E-state index in [1.165, 1.54) is 0 Å². The number of rotatable bonds is 4. The molecule has 0 saturated carbocycles. The second-order valence-corrected chi connectivity index (χ2v) is 2.12. The minimum atomic E-state index is 0.598. The van der Waals surface area contributed by atoms with Crippen molar-refractivity contribution in [2.75, 3.05) is 0 Å². The standard InChI is InChI=1S/C9H14/c1-4-6-8-9(3)7-5-2/h4-6,8-9H,1-2,7H2,3H3/b8-6+/t9-/m0/s1. The quantitative estimate of drug-likeness (QED) is 0.397. The third-order valence-electron chi connectivity index (χ3n) is 1.11. The monoisotopic (exact) mass is 122 g/mol. The third-order valence-corrected chi connectivity index (χ3v) is 1.11. The van der Waals surface area contributed by atoms with Crippen LogP contribution in [-0.4, -0.2) is 0 Å². The molecule has 0 radical (unpaired) electrons. The first kappa shape index (κ1) is 8.22. The maximum atomic E-state index is 3.65. The summed E-state index contributed by atoms with van der Waals surface area (Å²) < 4.78 is 0. The van der Waals surface area contributed by atoms with Crippen molar-refractivity contribution in [3.05, 3.63) is 37.5 Å². The summed E-state index contributed by atoms with van der Waals surface area (Å²) in [6.07, 6.45) is 8.85. The fraction of sp³-hybridized carbons (Fsp3) is 0.333. The van der Waals surface area contributed by atoms with E-state index in [0.717, 1.165) is 6.42 Å². The highest BCUT2D eigenvalue weighted by Crippen LogP contribution is 2.02. The Morgan fingerprint density at radius 3 is 2.56 bits per heavy atom. The molecule has 0 aromatic rings. The molecule has 50 valence electrons. The van der Waals surface area contributed by atoms with E-state index in [0.29, 0.717) is 5.92 Å². The molecule has 0 heteroatoms. The lowest BCUT2D eigenvalue weighted by Gasteiger charge is -1.97. The Morgan fingerprint density at radius 1 is 1.44 bits per heavy atom. The maximum Gasteiger partial charge on any atom is -0.0224 e. The zero-order valence-corrected chi connectivity index (χ0v) is 6.01. The van der Waals surface area contributed by atoms with Gasteiger partial charge in [-0.2, -0.15) is 0 Å². The number of allylic oxidation sites excluding steroid dienone is 4. The van der Waals surface area contributed by atoms with E-state index in [4.69, 9.17) is 0 Å². The molecule has 0 aliphatic rings.